The van der Waals surface area contributed by atoms with E-state index in [-0.39, 0.29) is 18.1 Å². The van der Waals surface area contributed by atoms with Crippen LogP contribution in [0, 0.1) is 5.41 Å². The number of nitrogens with zero attached hydrogens (tertiary/aromatic N) is 1. The number of aliphatic hydroxyl groups excluding tert-OH is 1. The molecule has 4 heteroatoms. The topological polar surface area (TPSA) is 44.7 Å². The van der Waals surface area contributed by atoms with Gasteiger partial charge in [0.15, 0.2) is 0 Å². The molecule has 0 aromatic heterocycles. The second-order valence-corrected chi connectivity index (χ2v) is 5.75. The fourth-order valence-corrected chi connectivity index (χ4v) is 2.30. The van der Waals surface area contributed by atoms with E-state index in [9.17, 15) is 0 Å². The quantitative estimate of drug-likeness (QED) is 0.647. The van der Waals surface area contributed by atoms with E-state index in [1.165, 1.54) is 6.42 Å². The second kappa shape index (κ2) is 7.31. The molecule has 0 spiro atoms. The lowest BCUT2D eigenvalue weighted by molar-refractivity contribution is -0.0603. The molecule has 4 nitrogen and oxygen atoms in total. The zero-order valence-corrected chi connectivity index (χ0v) is 11.5. The standard InChI is InChI=1S/C13H28N2O2/c1-4-5-14-10-13(2,3)11-15-6-7-17-12(8-15)9-16/h12,14,16H,4-11H2,1-3H3. The molecule has 0 aromatic carbocycles. The number of nitrogens with one attached hydrogen (secondary N) is 1. The van der Waals surface area contributed by atoms with Gasteiger partial charge in [0.2, 0.25) is 0 Å². The summed E-state index contributed by atoms with van der Waals surface area (Å²) < 4.78 is 5.46. The average molecular weight is 244 g/mol. The molecule has 1 rings (SSSR count). The lowest BCUT2D eigenvalue weighted by atomic mass is 9.92. The molecule has 0 bridgehead atoms. The minimum absolute atomic E-state index is 0.00292. The summed E-state index contributed by atoms with van der Waals surface area (Å²) in [5, 5.41) is 12.6. The number of hydrogen-bond acceptors (Lipinski definition) is 4. The first-order valence-electron chi connectivity index (χ1n) is 6.73. The molecule has 0 saturated carbocycles. The molecule has 17 heavy (non-hydrogen) atoms. The highest BCUT2D eigenvalue weighted by molar-refractivity contribution is 4.79. The summed E-state index contributed by atoms with van der Waals surface area (Å²) in [7, 11) is 0. The molecule has 1 saturated heterocycles. The van der Waals surface area contributed by atoms with Gasteiger partial charge in [-0.25, -0.2) is 0 Å². The maximum absolute atomic E-state index is 9.12. The van der Waals surface area contributed by atoms with Gasteiger partial charge in [-0.1, -0.05) is 20.8 Å². The lowest BCUT2D eigenvalue weighted by Crippen LogP contribution is -2.49. The summed E-state index contributed by atoms with van der Waals surface area (Å²) >= 11 is 0. The Labute approximate surface area is 105 Å². The van der Waals surface area contributed by atoms with Crippen molar-refractivity contribution < 1.29 is 9.84 Å². The number of rotatable bonds is 7. The summed E-state index contributed by atoms with van der Waals surface area (Å²) in [6.45, 7) is 12.7. The van der Waals surface area contributed by atoms with Crippen LogP contribution in [0.4, 0.5) is 0 Å². The van der Waals surface area contributed by atoms with Gasteiger partial charge in [0, 0.05) is 26.2 Å². The van der Waals surface area contributed by atoms with Gasteiger partial charge in [-0.05, 0) is 18.4 Å². The van der Waals surface area contributed by atoms with E-state index in [0.717, 1.165) is 39.3 Å². The zero-order valence-electron chi connectivity index (χ0n) is 11.5. The maximum atomic E-state index is 9.12. The molecule has 0 radical (unpaired) electrons. The highest BCUT2D eigenvalue weighted by Gasteiger charge is 2.26. The van der Waals surface area contributed by atoms with Crippen LogP contribution in [0.5, 0.6) is 0 Å². The predicted molar refractivity (Wildman–Crippen MR) is 70.2 cm³/mol. The molecule has 1 fully saturated rings. The maximum Gasteiger partial charge on any atom is 0.0932 e. The minimum Gasteiger partial charge on any atom is -0.394 e. The fourth-order valence-electron chi connectivity index (χ4n) is 2.30. The molecule has 0 amide bonds. The third kappa shape index (κ3) is 5.82. The highest BCUT2D eigenvalue weighted by Crippen LogP contribution is 2.17. The van der Waals surface area contributed by atoms with Crippen molar-refractivity contribution in [1.29, 1.82) is 0 Å². The first kappa shape index (κ1) is 14.9. The number of aliphatic hydroxyl groups is 1. The van der Waals surface area contributed by atoms with E-state index in [0.29, 0.717) is 0 Å². The summed E-state index contributed by atoms with van der Waals surface area (Å²) in [5.74, 6) is 0. The molecular formula is C13H28N2O2. The Morgan fingerprint density at radius 1 is 1.47 bits per heavy atom. The Balaban J connectivity index is 2.30. The molecule has 0 aliphatic carbocycles. The molecule has 1 aliphatic rings. The summed E-state index contributed by atoms with van der Waals surface area (Å²) in [4.78, 5) is 2.40. The first-order valence-corrected chi connectivity index (χ1v) is 6.73. The number of hydrogen-bond donors (Lipinski definition) is 2. The second-order valence-electron chi connectivity index (χ2n) is 5.75. The van der Waals surface area contributed by atoms with Crippen molar-refractivity contribution in [2.75, 3.05) is 45.9 Å². The predicted octanol–water partition coefficient (Wildman–Crippen LogP) is 0.705. The van der Waals surface area contributed by atoms with Crippen molar-refractivity contribution in [3.05, 3.63) is 0 Å². The Morgan fingerprint density at radius 3 is 2.88 bits per heavy atom. The van der Waals surface area contributed by atoms with Crippen molar-refractivity contribution in [3.8, 4) is 0 Å². The zero-order chi connectivity index (χ0) is 12.7. The van der Waals surface area contributed by atoms with Crippen LogP contribution < -0.4 is 5.32 Å². The van der Waals surface area contributed by atoms with Crippen LogP contribution >= 0.6 is 0 Å². The van der Waals surface area contributed by atoms with E-state index >= 15 is 0 Å². The molecular weight excluding hydrogens is 216 g/mol. The normalized spacial score (nSPS) is 22.9. The van der Waals surface area contributed by atoms with Gasteiger partial charge < -0.3 is 15.2 Å². The Hall–Kier alpha value is -0.160. The Morgan fingerprint density at radius 2 is 2.24 bits per heavy atom. The van der Waals surface area contributed by atoms with Crippen molar-refractivity contribution in [2.45, 2.75) is 33.3 Å². The van der Waals surface area contributed by atoms with E-state index in [4.69, 9.17) is 9.84 Å². The summed E-state index contributed by atoms with van der Waals surface area (Å²) in [6.07, 6.45) is 1.18. The minimum atomic E-state index is 0.00292. The molecule has 0 aromatic rings. The molecule has 1 atom stereocenters. The van der Waals surface area contributed by atoms with Crippen LogP contribution in [0.25, 0.3) is 0 Å². The van der Waals surface area contributed by atoms with Crippen LogP contribution in [0.15, 0.2) is 0 Å². The van der Waals surface area contributed by atoms with Gasteiger partial charge in [-0.15, -0.1) is 0 Å². The van der Waals surface area contributed by atoms with Crippen LogP contribution in [0.2, 0.25) is 0 Å². The lowest BCUT2D eigenvalue weighted by Gasteiger charge is -2.37. The van der Waals surface area contributed by atoms with Crippen molar-refractivity contribution >= 4 is 0 Å². The van der Waals surface area contributed by atoms with Crippen LogP contribution in [-0.4, -0.2) is 62.0 Å². The van der Waals surface area contributed by atoms with Crippen LogP contribution in [0.3, 0.4) is 0 Å². The van der Waals surface area contributed by atoms with Gasteiger partial charge in [0.25, 0.3) is 0 Å². The molecule has 2 N–H and O–H groups in total. The molecule has 102 valence electrons. The third-order valence-corrected chi connectivity index (χ3v) is 3.11. The van der Waals surface area contributed by atoms with Gasteiger partial charge in [0.1, 0.15) is 0 Å². The molecule has 1 unspecified atom stereocenters. The van der Waals surface area contributed by atoms with Crippen molar-refractivity contribution in [2.24, 2.45) is 5.41 Å². The number of morpholine rings is 1. The first-order chi connectivity index (χ1) is 8.07. The Bertz CT molecular complexity index is 210. The van der Waals surface area contributed by atoms with Gasteiger partial charge in [-0.3, -0.25) is 4.90 Å². The van der Waals surface area contributed by atoms with E-state index in [2.05, 4.69) is 31.0 Å². The van der Waals surface area contributed by atoms with Gasteiger partial charge >= 0.3 is 0 Å². The van der Waals surface area contributed by atoms with Crippen LogP contribution in [-0.2, 0) is 4.74 Å². The SMILES string of the molecule is CCCNCC(C)(C)CN1CCOC(CO)C1. The smallest absolute Gasteiger partial charge is 0.0932 e. The molecule has 1 aliphatic heterocycles. The molecule has 1 heterocycles. The largest absolute Gasteiger partial charge is 0.394 e. The van der Waals surface area contributed by atoms with E-state index in [1.54, 1.807) is 0 Å². The number of ether oxygens (including phenoxy) is 1. The van der Waals surface area contributed by atoms with E-state index in [1.807, 2.05) is 0 Å². The highest BCUT2D eigenvalue weighted by atomic mass is 16.5. The monoisotopic (exact) mass is 244 g/mol. The van der Waals surface area contributed by atoms with Crippen molar-refractivity contribution in [1.82, 2.24) is 10.2 Å². The van der Waals surface area contributed by atoms with Gasteiger partial charge in [-0.2, -0.15) is 0 Å². The summed E-state index contributed by atoms with van der Waals surface area (Å²) in [6, 6.07) is 0. The average Bonchev–Trinajstić information content (AvgIpc) is 2.29. The summed E-state index contributed by atoms with van der Waals surface area (Å²) in [5.41, 5.74) is 0.270. The Kier molecular flexibility index (Phi) is 6.41. The fraction of sp³-hybridized carbons (Fsp3) is 1.00. The third-order valence-electron chi connectivity index (χ3n) is 3.11. The van der Waals surface area contributed by atoms with Crippen molar-refractivity contribution in [3.63, 3.8) is 0 Å². The van der Waals surface area contributed by atoms with Gasteiger partial charge in [0.05, 0.1) is 19.3 Å². The van der Waals surface area contributed by atoms with E-state index < -0.39 is 0 Å². The van der Waals surface area contributed by atoms with Crippen LogP contribution in [0.1, 0.15) is 27.2 Å².